The number of hydrogen-bond acceptors (Lipinski definition) is 4. The maximum absolute atomic E-state index is 5.56. The van der Waals surface area contributed by atoms with Crippen LogP contribution in [0.25, 0.3) is 0 Å². The summed E-state index contributed by atoms with van der Waals surface area (Å²) in [5.74, 6) is 0. The predicted octanol–water partition coefficient (Wildman–Crippen LogP) is 2.37. The molecule has 19 heavy (non-hydrogen) atoms. The maximum atomic E-state index is 5.56. The molecule has 1 N–H and O–H groups in total. The molecule has 4 nitrogen and oxygen atoms in total. The van der Waals surface area contributed by atoms with E-state index in [1.807, 2.05) is 6.20 Å². The third-order valence-corrected chi connectivity index (χ3v) is 3.52. The standard InChI is InChI=1S/C15H25N3O/c1-4-7-16-13(3)15-6-5-14(10-17-15)18-8-9-19-12(2)11-18/h5-6,10,12-13,16H,4,7-9,11H2,1-3H3. The molecule has 2 rings (SSSR count). The Kier molecular flexibility index (Phi) is 5.16. The van der Waals surface area contributed by atoms with Gasteiger partial charge in [0.25, 0.3) is 0 Å². The van der Waals surface area contributed by atoms with Crippen molar-refractivity contribution >= 4 is 5.69 Å². The molecule has 1 aliphatic heterocycles. The molecule has 2 heterocycles. The number of rotatable bonds is 5. The molecule has 1 aliphatic rings. The molecule has 0 aromatic carbocycles. The summed E-state index contributed by atoms with van der Waals surface area (Å²) in [4.78, 5) is 6.93. The number of nitrogens with one attached hydrogen (secondary N) is 1. The molecule has 4 heteroatoms. The molecule has 1 aromatic heterocycles. The highest BCUT2D eigenvalue weighted by molar-refractivity contribution is 5.45. The van der Waals surface area contributed by atoms with Crippen LogP contribution in [-0.2, 0) is 4.74 Å². The van der Waals surface area contributed by atoms with Gasteiger partial charge >= 0.3 is 0 Å². The second kappa shape index (κ2) is 6.87. The molecule has 0 radical (unpaired) electrons. The summed E-state index contributed by atoms with van der Waals surface area (Å²) in [7, 11) is 0. The van der Waals surface area contributed by atoms with Gasteiger partial charge in [-0.3, -0.25) is 4.98 Å². The first-order valence-electron chi connectivity index (χ1n) is 7.26. The van der Waals surface area contributed by atoms with E-state index >= 15 is 0 Å². The molecule has 0 saturated carbocycles. The number of anilines is 1. The van der Waals surface area contributed by atoms with E-state index in [-0.39, 0.29) is 0 Å². The van der Waals surface area contributed by atoms with Gasteiger partial charge in [-0.25, -0.2) is 0 Å². The van der Waals surface area contributed by atoms with Crippen LogP contribution >= 0.6 is 0 Å². The highest BCUT2D eigenvalue weighted by atomic mass is 16.5. The van der Waals surface area contributed by atoms with E-state index in [2.05, 4.69) is 48.1 Å². The monoisotopic (exact) mass is 263 g/mol. The molecular formula is C15H25N3O. The average molecular weight is 263 g/mol. The highest BCUT2D eigenvalue weighted by Crippen LogP contribution is 2.19. The van der Waals surface area contributed by atoms with Crippen LogP contribution < -0.4 is 10.2 Å². The van der Waals surface area contributed by atoms with Crippen LogP contribution in [0.4, 0.5) is 5.69 Å². The quantitative estimate of drug-likeness (QED) is 0.885. The molecule has 0 bridgehead atoms. The van der Waals surface area contributed by atoms with E-state index in [0.717, 1.165) is 38.4 Å². The minimum absolute atomic E-state index is 0.304. The molecule has 0 aliphatic carbocycles. The van der Waals surface area contributed by atoms with Crippen molar-refractivity contribution in [2.45, 2.75) is 39.3 Å². The first-order chi connectivity index (χ1) is 9.20. The molecular weight excluding hydrogens is 238 g/mol. The van der Waals surface area contributed by atoms with Gasteiger partial charge in [0.15, 0.2) is 0 Å². The van der Waals surface area contributed by atoms with Crippen molar-refractivity contribution in [3.63, 3.8) is 0 Å². The van der Waals surface area contributed by atoms with E-state index in [1.165, 1.54) is 5.69 Å². The number of nitrogens with zero attached hydrogens (tertiary/aromatic N) is 2. The Morgan fingerprint density at radius 3 is 3.00 bits per heavy atom. The van der Waals surface area contributed by atoms with Crippen molar-refractivity contribution in [1.29, 1.82) is 0 Å². The van der Waals surface area contributed by atoms with Crippen LogP contribution in [0.5, 0.6) is 0 Å². The first-order valence-corrected chi connectivity index (χ1v) is 7.26. The van der Waals surface area contributed by atoms with Crippen LogP contribution in [-0.4, -0.2) is 37.3 Å². The first kappa shape index (κ1) is 14.3. The summed E-state index contributed by atoms with van der Waals surface area (Å²) in [6.45, 7) is 10.2. The second-order valence-electron chi connectivity index (χ2n) is 5.24. The molecule has 1 saturated heterocycles. The van der Waals surface area contributed by atoms with Crippen molar-refractivity contribution in [2.75, 3.05) is 31.1 Å². The Balaban J connectivity index is 1.97. The van der Waals surface area contributed by atoms with Crippen LogP contribution in [0.3, 0.4) is 0 Å². The lowest BCUT2D eigenvalue weighted by Crippen LogP contribution is -2.41. The topological polar surface area (TPSA) is 37.4 Å². The summed E-state index contributed by atoms with van der Waals surface area (Å²) >= 11 is 0. The third kappa shape index (κ3) is 3.91. The van der Waals surface area contributed by atoms with Crippen molar-refractivity contribution in [2.24, 2.45) is 0 Å². The number of pyridine rings is 1. The van der Waals surface area contributed by atoms with E-state index < -0.39 is 0 Å². The normalized spacial score (nSPS) is 21.4. The van der Waals surface area contributed by atoms with E-state index in [4.69, 9.17) is 4.74 Å². The zero-order valence-corrected chi connectivity index (χ0v) is 12.2. The van der Waals surface area contributed by atoms with Gasteiger partial charge in [0.05, 0.1) is 30.3 Å². The minimum Gasteiger partial charge on any atom is -0.375 e. The van der Waals surface area contributed by atoms with Gasteiger partial charge in [-0.1, -0.05) is 6.92 Å². The van der Waals surface area contributed by atoms with E-state index in [0.29, 0.717) is 12.1 Å². The number of hydrogen-bond donors (Lipinski definition) is 1. The Hall–Kier alpha value is -1.13. The fourth-order valence-corrected chi connectivity index (χ4v) is 2.36. The number of aromatic nitrogens is 1. The van der Waals surface area contributed by atoms with Crippen LogP contribution in [0.15, 0.2) is 18.3 Å². The van der Waals surface area contributed by atoms with Gasteiger partial charge in [-0.05, 0) is 38.9 Å². The Bertz CT molecular complexity index is 379. The molecule has 2 unspecified atom stereocenters. The summed E-state index contributed by atoms with van der Waals surface area (Å²) in [6, 6.07) is 4.62. The minimum atomic E-state index is 0.304. The molecule has 106 valence electrons. The number of ether oxygens (including phenoxy) is 1. The van der Waals surface area contributed by atoms with Gasteiger partial charge in [-0.2, -0.15) is 0 Å². The molecule has 1 aromatic rings. The summed E-state index contributed by atoms with van der Waals surface area (Å²) in [5, 5.41) is 3.46. The van der Waals surface area contributed by atoms with Gasteiger partial charge in [0.1, 0.15) is 0 Å². The fourth-order valence-electron chi connectivity index (χ4n) is 2.36. The highest BCUT2D eigenvalue weighted by Gasteiger charge is 2.17. The van der Waals surface area contributed by atoms with E-state index in [1.54, 1.807) is 0 Å². The predicted molar refractivity (Wildman–Crippen MR) is 78.6 cm³/mol. The fraction of sp³-hybridized carbons (Fsp3) is 0.667. The molecule has 1 fully saturated rings. The third-order valence-electron chi connectivity index (χ3n) is 3.52. The Morgan fingerprint density at radius 1 is 1.53 bits per heavy atom. The average Bonchev–Trinajstić information content (AvgIpc) is 2.45. The van der Waals surface area contributed by atoms with Crippen LogP contribution in [0.2, 0.25) is 0 Å². The van der Waals surface area contributed by atoms with Gasteiger partial charge in [-0.15, -0.1) is 0 Å². The summed E-state index contributed by atoms with van der Waals surface area (Å²) in [6.07, 6.45) is 3.43. The van der Waals surface area contributed by atoms with E-state index in [9.17, 15) is 0 Å². The second-order valence-corrected chi connectivity index (χ2v) is 5.24. The van der Waals surface area contributed by atoms with Crippen molar-refractivity contribution < 1.29 is 4.74 Å². The lowest BCUT2D eigenvalue weighted by atomic mass is 10.2. The Morgan fingerprint density at radius 2 is 2.37 bits per heavy atom. The van der Waals surface area contributed by atoms with Crippen molar-refractivity contribution in [3.8, 4) is 0 Å². The molecule has 0 spiro atoms. The SMILES string of the molecule is CCCNC(C)c1ccc(N2CCOC(C)C2)cn1. The zero-order valence-electron chi connectivity index (χ0n) is 12.2. The smallest absolute Gasteiger partial charge is 0.0722 e. The maximum Gasteiger partial charge on any atom is 0.0722 e. The lowest BCUT2D eigenvalue weighted by Gasteiger charge is -2.32. The van der Waals surface area contributed by atoms with Gasteiger partial charge in [0.2, 0.25) is 0 Å². The van der Waals surface area contributed by atoms with Crippen molar-refractivity contribution in [3.05, 3.63) is 24.0 Å². The largest absolute Gasteiger partial charge is 0.375 e. The van der Waals surface area contributed by atoms with Gasteiger partial charge < -0.3 is 15.0 Å². The zero-order chi connectivity index (χ0) is 13.7. The Labute approximate surface area is 116 Å². The lowest BCUT2D eigenvalue weighted by molar-refractivity contribution is 0.0532. The van der Waals surface area contributed by atoms with Crippen LogP contribution in [0, 0.1) is 0 Å². The van der Waals surface area contributed by atoms with Crippen LogP contribution in [0.1, 0.15) is 38.9 Å². The van der Waals surface area contributed by atoms with Gasteiger partial charge in [0, 0.05) is 19.1 Å². The molecule has 2 atom stereocenters. The summed E-state index contributed by atoms with van der Waals surface area (Å²) in [5.41, 5.74) is 2.31. The summed E-state index contributed by atoms with van der Waals surface area (Å²) < 4.78 is 5.56. The van der Waals surface area contributed by atoms with Crippen molar-refractivity contribution in [1.82, 2.24) is 10.3 Å². The number of morpholine rings is 1. The molecule has 0 amide bonds.